The lowest BCUT2D eigenvalue weighted by molar-refractivity contribution is -0.130. The summed E-state index contributed by atoms with van der Waals surface area (Å²) in [5, 5.41) is 10.2. The lowest BCUT2D eigenvalue weighted by Gasteiger charge is -2.51. The van der Waals surface area contributed by atoms with E-state index in [9.17, 15) is 14.7 Å². The van der Waals surface area contributed by atoms with Crippen LogP contribution in [0.15, 0.2) is 30.4 Å². The predicted molar refractivity (Wildman–Crippen MR) is 160 cm³/mol. The number of aromatic hydroxyl groups is 1. The lowest BCUT2D eigenvalue weighted by atomic mass is 9.52. The largest absolute Gasteiger partial charge is 0.508 e. The molecule has 39 heavy (non-hydrogen) atoms. The summed E-state index contributed by atoms with van der Waals surface area (Å²) in [4.78, 5) is 27.9. The Morgan fingerprint density at radius 1 is 1.08 bits per heavy atom. The van der Waals surface area contributed by atoms with E-state index in [0.717, 1.165) is 69.9 Å². The van der Waals surface area contributed by atoms with Crippen molar-refractivity contribution in [2.75, 3.05) is 13.6 Å². The highest BCUT2D eigenvalue weighted by Crippen LogP contribution is 2.63. The summed E-state index contributed by atoms with van der Waals surface area (Å²) >= 11 is 0. The molecule has 0 bridgehead atoms. The fourth-order valence-corrected chi connectivity index (χ4v) is 8.28. The standard InChI is InChI=1S/C35H53NO3/c1-5-6-21-36(4)32(38)16-14-12-10-8-7-9-11-13-15-29-33-28(19-20-35(3)24-25(2)22-31(33)35)27-18-17-26(37)23-30(27)34(29)39/h17-18,23,28-29,31,33,37H,2,5-16,19-22,24H2,1,3-4H3/t28?,29-,31?,33?,35+/m0/s1. The summed E-state index contributed by atoms with van der Waals surface area (Å²) in [6.45, 7) is 9.86. The average Bonchev–Trinajstić information content (AvgIpc) is 3.23. The van der Waals surface area contributed by atoms with Crippen LogP contribution in [-0.4, -0.2) is 35.3 Å². The Bertz CT molecular complexity index is 1020. The van der Waals surface area contributed by atoms with Crippen molar-refractivity contribution in [1.29, 1.82) is 0 Å². The maximum atomic E-state index is 13.8. The van der Waals surface area contributed by atoms with Crippen molar-refractivity contribution in [1.82, 2.24) is 4.90 Å². The first-order valence-electron chi connectivity index (χ1n) is 16.0. The maximum Gasteiger partial charge on any atom is 0.222 e. The third kappa shape index (κ3) is 6.98. The molecule has 4 rings (SSSR count). The molecule has 0 aromatic heterocycles. The van der Waals surface area contributed by atoms with Gasteiger partial charge in [-0.05, 0) is 85.8 Å². The van der Waals surface area contributed by atoms with Gasteiger partial charge in [0.15, 0.2) is 5.78 Å². The van der Waals surface area contributed by atoms with Crippen molar-refractivity contribution in [3.63, 3.8) is 0 Å². The normalized spacial score (nSPS) is 27.7. The van der Waals surface area contributed by atoms with Gasteiger partial charge in [0.1, 0.15) is 5.75 Å². The minimum absolute atomic E-state index is 0.0767. The van der Waals surface area contributed by atoms with Crippen LogP contribution in [0.5, 0.6) is 5.75 Å². The molecule has 0 heterocycles. The first-order valence-corrected chi connectivity index (χ1v) is 16.0. The van der Waals surface area contributed by atoms with Crippen molar-refractivity contribution < 1.29 is 14.7 Å². The van der Waals surface area contributed by atoms with E-state index >= 15 is 0 Å². The molecule has 1 aromatic rings. The van der Waals surface area contributed by atoms with Crippen LogP contribution in [0.2, 0.25) is 0 Å². The third-order valence-electron chi connectivity index (χ3n) is 10.4. The number of nitrogens with zero attached hydrogens (tertiary/aromatic N) is 1. The highest BCUT2D eigenvalue weighted by molar-refractivity contribution is 6.01. The van der Waals surface area contributed by atoms with Crippen LogP contribution in [0.1, 0.15) is 138 Å². The van der Waals surface area contributed by atoms with Gasteiger partial charge in [0.25, 0.3) is 0 Å². The van der Waals surface area contributed by atoms with Gasteiger partial charge in [-0.2, -0.15) is 0 Å². The predicted octanol–water partition coefficient (Wildman–Crippen LogP) is 8.83. The van der Waals surface area contributed by atoms with Crippen LogP contribution in [0, 0.1) is 23.2 Å². The number of hydrogen-bond donors (Lipinski definition) is 1. The summed E-state index contributed by atoms with van der Waals surface area (Å²) in [5.74, 6) is 2.26. The van der Waals surface area contributed by atoms with Gasteiger partial charge >= 0.3 is 0 Å². The molecule has 3 aliphatic rings. The first-order chi connectivity index (χ1) is 18.7. The van der Waals surface area contributed by atoms with Crippen LogP contribution >= 0.6 is 0 Å². The molecule has 4 heteroatoms. The molecule has 216 valence electrons. The number of hydrogen-bond acceptors (Lipinski definition) is 3. The van der Waals surface area contributed by atoms with Crippen LogP contribution in [0.25, 0.3) is 0 Å². The van der Waals surface area contributed by atoms with Crippen LogP contribution in [0.3, 0.4) is 0 Å². The van der Waals surface area contributed by atoms with Crippen molar-refractivity contribution >= 4 is 11.7 Å². The second kappa shape index (κ2) is 13.5. The van der Waals surface area contributed by atoms with E-state index in [1.807, 2.05) is 18.0 Å². The van der Waals surface area contributed by atoms with Gasteiger partial charge in [0.2, 0.25) is 5.91 Å². The Hall–Kier alpha value is -2.10. The van der Waals surface area contributed by atoms with E-state index in [2.05, 4.69) is 20.4 Å². The molecule has 3 unspecified atom stereocenters. The van der Waals surface area contributed by atoms with Crippen molar-refractivity contribution in [2.45, 2.75) is 122 Å². The van der Waals surface area contributed by atoms with E-state index in [0.29, 0.717) is 35.5 Å². The van der Waals surface area contributed by atoms with Gasteiger partial charge in [-0.15, -0.1) is 0 Å². The summed E-state index contributed by atoms with van der Waals surface area (Å²) in [7, 11) is 1.93. The van der Waals surface area contributed by atoms with Gasteiger partial charge in [0.05, 0.1) is 0 Å². The highest BCUT2D eigenvalue weighted by Gasteiger charge is 2.55. The first kappa shape index (κ1) is 29.9. The fraction of sp³-hybridized carbons (Fsp3) is 0.714. The monoisotopic (exact) mass is 535 g/mol. The Labute approximate surface area is 237 Å². The van der Waals surface area contributed by atoms with E-state index in [-0.39, 0.29) is 17.5 Å². The topological polar surface area (TPSA) is 57.6 Å². The number of phenols is 1. The number of ketones is 1. The Kier molecular flexibility index (Phi) is 10.3. The summed E-state index contributed by atoms with van der Waals surface area (Å²) in [5.41, 5.74) is 3.64. The molecular weight excluding hydrogens is 482 g/mol. The molecule has 0 radical (unpaired) electrons. The van der Waals surface area contributed by atoms with Gasteiger partial charge < -0.3 is 10.0 Å². The van der Waals surface area contributed by atoms with Gasteiger partial charge in [0, 0.05) is 31.5 Å². The Balaban J connectivity index is 1.23. The molecule has 1 N–H and O–H groups in total. The van der Waals surface area contributed by atoms with Crippen LogP contribution < -0.4 is 0 Å². The molecular formula is C35H53NO3. The second-order valence-corrected chi connectivity index (χ2v) is 13.4. The van der Waals surface area contributed by atoms with Gasteiger partial charge in [-0.25, -0.2) is 0 Å². The number of unbranched alkanes of at least 4 members (excludes halogenated alkanes) is 8. The minimum atomic E-state index is 0.0767. The molecule has 5 atom stereocenters. The van der Waals surface area contributed by atoms with Crippen molar-refractivity contribution in [3.8, 4) is 5.75 Å². The van der Waals surface area contributed by atoms with Crippen LogP contribution in [0.4, 0.5) is 0 Å². The van der Waals surface area contributed by atoms with E-state index < -0.39 is 0 Å². The number of rotatable bonds is 14. The molecule has 1 amide bonds. The van der Waals surface area contributed by atoms with Gasteiger partial charge in [-0.1, -0.05) is 83.4 Å². The Morgan fingerprint density at radius 3 is 2.49 bits per heavy atom. The zero-order valence-electron chi connectivity index (χ0n) is 25.0. The highest BCUT2D eigenvalue weighted by atomic mass is 16.3. The number of carbonyl (C=O) groups excluding carboxylic acids is 2. The smallest absolute Gasteiger partial charge is 0.222 e. The molecule has 0 aliphatic heterocycles. The zero-order valence-corrected chi connectivity index (χ0v) is 25.0. The van der Waals surface area contributed by atoms with E-state index in [1.54, 1.807) is 12.1 Å². The third-order valence-corrected chi connectivity index (χ3v) is 10.4. The number of benzene rings is 1. The summed E-state index contributed by atoms with van der Waals surface area (Å²) in [6.07, 6.45) is 17.8. The second-order valence-electron chi connectivity index (χ2n) is 13.4. The average molecular weight is 536 g/mol. The van der Waals surface area contributed by atoms with Crippen molar-refractivity contribution in [3.05, 3.63) is 41.5 Å². The quantitative estimate of drug-likeness (QED) is 0.191. The minimum Gasteiger partial charge on any atom is -0.508 e. The lowest BCUT2D eigenvalue weighted by Crippen LogP contribution is -2.46. The fourth-order valence-electron chi connectivity index (χ4n) is 8.28. The molecule has 2 fully saturated rings. The summed E-state index contributed by atoms with van der Waals surface area (Å²) < 4.78 is 0. The maximum absolute atomic E-state index is 13.8. The Morgan fingerprint density at radius 2 is 1.77 bits per heavy atom. The molecule has 1 aromatic carbocycles. The molecule has 0 saturated heterocycles. The molecule has 0 spiro atoms. The number of allylic oxidation sites excluding steroid dienone is 1. The molecule has 4 nitrogen and oxygen atoms in total. The number of carbonyl (C=O) groups is 2. The number of Topliss-reactive ketones (excluding diaryl/α,β-unsaturated/α-hetero) is 1. The number of phenolic OH excluding ortho intramolecular Hbond substituents is 1. The zero-order chi connectivity index (χ0) is 28.0. The SMILES string of the molecule is C=C1CC2C3C(CC[C@]2(C)C1)c1ccc(O)cc1C(=O)[C@H]3CCCCCCCCCCC(=O)N(C)CCCC. The van der Waals surface area contributed by atoms with E-state index in [1.165, 1.54) is 49.7 Å². The number of amides is 1. The molecule has 2 saturated carbocycles. The molecule has 3 aliphatic carbocycles. The van der Waals surface area contributed by atoms with E-state index in [4.69, 9.17) is 0 Å². The number of fused-ring (bicyclic) bond motifs is 5. The van der Waals surface area contributed by atoms with Crippen molar-refractivity contribution in [2.24, 2.45) is 23.2 Å². The van der Waals surface area contributed by atoms with Crippen LogP contribution in [-0.2, 0) is 4.79 Å². The summed E-state index contributed by atoms with van der Waals surface area (Å²) in [6, 6.07) is 5.54. The van der Waals surface area contributed by atoms with Gasteiger partial charge in [-0.3, -0.25) is 9.59 Å².